The molecule has 0 unspecified atom stereocenters. The minimum Gasteiger partial charge on any atom is -0.282 e. The molecule has 0 aliphatic rings. The Kier molecular flexibility index (Phi) is 4.19. The van der Waals surface area contributed by atoms with Gasteiger partial charge in [0.15, 0.2) is 5.75 Å². The Bertz CT molecular complexity index is 746. The highest BCUT2D eigenvalue weighted by Gasteiger charge is 2.16. The SMILES string of the molecule is Cc1cc(S(N)(=O)=O)cc(NS(=O)(=O)CC#N)c1C. The molecule has 0 aliphatic heterocycles. The van der Waals surface area contributed by atoms with Crippen molar-refractivity contribution in [3.05, 3.63) is 23.3 Å². The van der Waals surface area contributed by atoms with E-state index in [9.17, 15) is 16.8 Å². The van der Waals surface area contributed by atoms with E-state index in [4.69, 9.17) is 10.4 Å². The summed E-state index contributed by atoms with van der Waals surface area (Å²) in [5.74, 6) is -0.717. The van der Waals surface area contributed by atoms with Crippen LogP contribution < -0.4 is 9.86 Å². The van der Waals surface area contributed by atoms with Crippen molar-refractivity contribution in [1.82, 2.24) is 0 Å². The van der Waals surface area contributed by atoms with Crippen LogP contribution in [-0.2, 0) is 20.0 Å². The summed E-state index contributed by atoms with van der Waals surface area (Å²) >= 11 is 0. The maximum atomic E-state index is 11.5. The normalized spacial score (nSPS) is 11.9. The van der Waals surface area contributed by atoms with Gasteiger partial charge in [-0.25, -0.2) is 22.0 Å². The molecule has 1 rings (SSSR count). The van der Waals surface area contributed by atoms with Gasteiger partial charge in [-0.2, -0.15) is 5.26 Å². The summed E-state index contributed by atoms with van der Waals surface area (Å²) in [7, 11) is -7.77. The van der Waals surface area contributed by atoms with Gasteiger partial charge >= 0.3 is 0 Å². The molecule has 0 spiro atoms. The van der Waals surface area contributed by atoms with E-state index < -0.39 is 25.8 Å². The number of nitrogens with two attached hydrogens (primary N) is 1. The molecule has 0 heterocycles. The van der Waals surface area contributed by atoms with Gasteiger partial charge in [0.1, 0.15) is 0 Å². The zero-order valence-electron chi connectivity index (χ0n) is 10.3. The van der Waals surface area contributed by atoms with Crippen LogP contribution in [-0.4, -0.2) is 22.6 Å². The van der Waals surface area contributed by atoms with E-state index in [0.29, 0.717) is 11.1 Å². The molecule has 7 nitrogen and oxygen atoms in total. The van der Waals surface area contributed by atoms with Gasteiger partial charge in [0.05, 0.1) is 16.7 Å². The van der Waals surface area contributed by atoms with Gasteiger partial charge in [0.2, 0.25) is 20.0 Å². The van der Waals surface area contributed by atoms with Gasteiger partial charge in [-0.3, -0.25) is 4.72 Å². The van der Waals surface area contributed by atoms with Gasteiger partial charge in [-0.05, 0) is 37.1 Å². The highest BCUT2D eigenvalue weighted by atomic mass is 32.2. The highest BCUT2D eigenvalue weighted by Crippen LogP contribution is 2.24. The third kappa shape index (κ3) is 3.92. The predicted molar refractivity (Wildman–Crippen MR) is 70.3 cm³/mol. The second-order valence-corrected chi connectivity index (χ2v) is 7.26. The number of primary sulfonamides is 1. The molecular formula is C10H13N3O4S2. The quantitative estimate of drug-likeness (QED) is 0.821. The second kappa shape index (κ2) is 5.16. The van der Waals surface area contributed by atoms with Gasteiger partial charge in [0, 0.05) is 0 Å². The molecule has 9 heteroatoms. The molecule has 104 valence electrons. The molecule has 1 aromatic rings. The van der Waals surface area contributed by atoms with Crippen LogP contribution in [0, 0.1) is 25.2 Å². The number of nitriles is 1. The Morgan fingerprint density at radius 2 is 1.84 bits per heavy atom. The summed E-state index contributed by atoms with van der Waals surface area (Å²) in [5, 5.41) is 13.4. The molecule has 0 fully saturated rings. The maximum absolute atomic E-state index is 11.5. The van der Waals surface area contributed by atoms with Crippen LogP contribution in [0.3, 0.4) is 0 Å². The fourth-order valence-corrected chi connectivity index (χ4v) is 2.80. The molecule has 19 heavy (non-hydrogen) atoms. The maximum Gasteiger partial charge on any atom is 0.246 e. The summed E-state index contributed by atoms with van der Waals surface area (Å²) < 4.78 is 47.8. The van der Waals surface area contributed by atoms with Crippen molar-refractivity contribution in [3.8, 4) is 6.07 Å². The minimum atomic E-state index is -3.93. The van der Waals surface area contributed by atoms with E-state index in [1.54, 1.807) is 13.8 Å². The monoisotopic (exact) mass is 303 g/mol. The molecule has 0 bridgehead atoms. The lowest BCUT2D eigenvalue weighted by atomic mass is 10.1. The molecule has 3 N–H and O–H groups in total. The number of sulfonamides is 2. The van der Waals surface area contributed by atoms with Crippen molar-refractivity contribution >= 4 is 25.7 Å². The smallest absolute Gasteiger partial charge is 0.246 e. The molecule has 0 atom stereocenters. The minimum absolute atomic E-state index is 0.0966. The standard InChI is InChI=1S/C10H13N3O4S2/c1-7-5-9(19(12,16)17)6-10(8(7)2)13-18(14,15)4-3-11/h5-6,13H,4H2,1-2H3,(H2,12,16,17). The Morgan fingerprint density at radius 3 is 2.32 bits per heavy atom. The second-order valence-electron chi connectivity index (χ2n) is 3.98. The zero-order valence-corrected chi connectivity index (χ0v) is 12.0. The van der Waals surface area contributed by atoms with Crippen molar-refractivity contribution in [1.29, 1.82) is 5.26 Å². The Morgan fingerprint density at radius 1 is 1.26 bits per heavy atom. The van der Waals surface area contributed by atoms with Crippen molar-refractivity contribution < 1.29 is 16.8 Å². The van der Waals surface area contributed by atoms with Crippen LogP contribution in [0.5, 0.6) is 0 Å². The van der Waals surface area contributed by atoms with Gasteiger partial charge in [-0.15, -0.1) is 0 Å². The highest BCUT2D eigenvalue weighted by molar-refractivity contribution is 7.92. The predicted octanol–water partition coefficient (Wildman–Crippen LogP) is 0.216. The molecule has 0 radical (unpaired) electrons. The van der Waals surface area contributed by atoms with Crippen molar-refractivity contribution in [2.45, 2.75) is 18.7 Å². The number of benzene rings is 1. The van der Waals surface area contributed by atoms with Crippen molar-refractivity contribution in [3.63, 3.8) is 0 Å². The van der Waals surface area contributed by atoms with E-state index in [1.807, 2.05) is 0 Å². The third-order valence-electron chi connectivity index (χ3n) is 2.49. The average Bonchev–Trinajstić information content (AvgIpc) is 2.22. The number of nitrogens with zero attached hydrogens (tertiary/aromatic N) is 1. The largest absolute Gasteiger partial charge is 0.282 e. The van der Waals surface area contributed by atoms with Crippen LogP contribution in [0.15, 0.2) is 17.0 Å². The van der Waals surface area contributed by atoms with Crippen molar-refractivity contribution in [2.75, 3.05) is 10.5 Å². The number of anilines is 1. The lowest BCUT2D eigenvalue weighted by Gasteiger charge is -2.12. The molecule has 0 saturated heterocycles. The van der Waals surface area contributed by atoms with Crippen molar-refractivity contribution in [2.24, 2.45) is 5.14 Å². The first-order valence-electron chi connectivity index (χ1n) is 5.08. The number of nitrogens with one attached hydrogen (secondary N) is 1. The summed E-state index contributed by atoms with van der Waals surface area (Å²) in [5.41, 5.74) is 1.23. The summed E-state index contributed by atoms with van der Waals surface area (Å²) in [6.45, 7) is 3.26. The molecule has 1 aromatic carbocycles. The number of hydrogen-bond acceptors (Lipinski definition) is 5. The van der Waals surface area contributed by atoms with E-state index in [0.717, 1.165) is 6.07 Å². The molecule has 0 aliphatic carbocycles. The van der Waals surface area contributed by atoms with Gasteiger partial charge in [-0.1, -0.05) is 0 Å². The van der Waals surface area contributed by atoms with Crippen LogP contribution in [0.1, 0.15) is 11.1 Å². The Balaban J connectivity index is 3.38. The Labute approximate surface area is 112 Å². The molecule has 0 saturated carbocycles. The topological polar surface area (TPSA) is 130 Å². The van der Waals surface area contributed by atoms with E-state index in [-0.39, 0.29) is 10.6 Å². The van der Waals surface area contributed by atoms with Crippen LogP contribution in [0.2, 0.25) is 0 Å². The lowest BCUT2D eigenvalue weighted by molar-refractivity contribution is 0.596. The molecule has 0 amide bonds. The lowest BCUT2D eigenvalue weighted by Crippen LogP contribution is -2.18. The fourth-order valence-electron chi connectivity index (χ4n) is 1.39. The fraction of sp³-hybridized carbons (Fsp3) is 0.300. The average molecular weight is 303 g/mol. The van der Waals surface area contributed by atoms with Gasteiger partial charge in [0.25, 0.3) is 0 Å². The van der Waals surface area contributed by atoms with E-state index >= 15 is 0 Å². The van der Waals surface area contributed by atoms with E-state index in [2.05, 4.69) is 4.72 Å². The van der Waals surface area contributed by atoms with Crippen LogP contribution >= 0.6 is 0 Å². The number of rotatable bonds is 4. The van der Waals surface area contributed by atoms with Crippen LogP contribution in [0.25, 0.3) is 0 Å². The molecule has 0 aromatic heterocycles. The molecular weight excluding hydrogens is 290 g/mol. The van der Waals surface area contributed by atoms with Crippen LogP contribution in [0.4, 0.5) is 5.69 Å². The first kappa shape index (κ1) is 15.4. The Hall–Kier alpha value is -1.63. The summed E-state index contributed by atoms with van der Waals surface area (Å²) in [6, 6.07) is 4.00. The number of aryl methyl sites for hydroxylation is 1. The third-order valence-corrected chi connectivity index (χ3v) is 4.42. The van der Waals surface area contributed by atoms with Gasteiger partial charge < -0.3 is 0 Å². The first-order valence-corrected chi connectivity index (χ1v) is 8.28. The summed E-state index contributed by atoms with van der Waals surface area (Å²) in [4.78, 5) is -0.190. The number of hydrogen-bond donors (Lipinski definition) is 2. The van der Waals surface area contributed by atoms with E-state index in [1.165, 1.54) is 12.1 Å². The first-order chi connectivity index (χ1) is 8.57. The zero-order chi connectivity index (χ0) is 14.8. The summed E-state index contributed by atoms with van der Waals surface area (Å²) in [6.07, 6.45) is 0.